The molecule has 90 valence electrons. The Hall–Kier alpha value is -1.19. The van der Waals surface area contributed by atoms with E-state index >= 15 is 0 Å². The molecule has 1 aromatic rings. The van der Waals surface area contributed by atoms with Crippen LogP contribution in [0.4, 0.5) is 18.9 Å². The second-order valence-electron chi connectivity index (χ2n) is 4.90. The van der Waals surface area contributed by atoms with Gasteiger partial charge in [-0.3, -0.25) is 0 Å². The minimum Gasteiger partial charge on any atom is -0.380 e. The number of halogens is 3. The van der Waals surface area contributed by atoms with Crippen molar-refractivity contribution in [3.8, 4) is 0 Å². The van der Waals surface area contributed by atoms with Gasteiger partial charge in [0, 0.05) is 11.2 Å². The molecule has 4 heteroatoms. The van der Waals surface area contributed by atoms with E-state index in [2.05, 4.69) is 5.32 Å². The molecule has 1 N–H and O–H groups in total. The molecule has 1 aromatic carbocycles. The molecule has 0 aromatic heterocycles. The lowest BCUT2D eigenvalue weighted by atomic mass is 10.0. The third kappa shape index (κ3) is 3.43. The summed E-state index contributed by atoms with van der Waals surface area (Å²) in [5, 5.41) is 3.02. The van der Waals surface area contributed by atoms with Gasteiger partial charge >= 0.3 is 6.18 Å². The topological polar surface area (TPSA) is 12.0 Å². The highest BCUT2D eigenvalue weighted by atomic mass is 19.4. The molecule has 0 fully saturated rings. The first-order valence-electron chi connectivity index (χ1n) is 5.05. The maximum atomic E-state index is 12.6. The third-order valence-corrected chi connectivity index (χ3v) is 2.06. The Kier molecular flexibility index (Phi) is 3.22. The summed E-state index contributed by atoms with van der Waals surface area (Å²) in [5.74, 6) is 0. The van der Waals surface area contributed by atoms with Crippen molar-refractivity contribution in [3.05, 3.63) is 29.3 Å². The lowest BCUT2D eigenvalue weighted by molar-refractivity contribution is -0.138. The van der Waals surface area contributed by atoms with Gasteiger partial charge < -0.3 is 5.32 Å². The molecule has 0 saturated carbocycles. The average molecular weight is 231 g/mol. The van der Waals surface area contributed by atoms with E-state index in [1.807, 2.05) is 20.8 Å². The molecule has 1 nitrogen and oxygen atoms in total. The van der Waals surface area contributed by atoms with Crippen LogP contribution in [0.1, 0.15) is 31.9 Å². The average Bonchev–Trinajstić information content (AvgIpc) is 2.04. The highest BCUT2D eigenvalue weighted by molar-refractivity contribution is 5.50. The maximum Gasteiger partial charge on any atom is 0.416 e. The van der Waals surface area contributed by atoms with Gasteiger partial charge in [0.15, 0.2) is 0 Å². The number of alkyl halides is 3. The van der Waals surface area contributed by atoms with E-state index in [0.29, 0.717) is 5.69 Å². The molecule has 0 aliphatic carbocycles. The number of nitrogens with one attached hydrogen (secondary N) is 1. The van der Waals surface area contributed by atoms with Gasteiger partial charge in [-0.2, -0.15) is 13.2 Å². The maximum absolute atomic E-state index is 12.6. The fraction of sp³-hybridized carbons (Fsp3) is 0.500. The van der Waals surface area contributed by atoms with Crippen molar-refractivity contribution in [1.29, 1.82) is 0 Å². The molecule has 0 aliphatic rings. The molecule has 0 aliphatic heterocycles. The molecule has 0 radical (unpaired) electrons. The molecular weight excluding hydrogens is 215 g/mol. The van der Waals surface area contributed by atoms with Crippen LogP contribution in [-0.2, 0) is 6.18 Å². The van der Waals surface area contributed by atoms with Gasteiger partial charge in [-0.25, -0.2) is 0 Å². The van der Waals surface area contributed by atoms with Gasteiger partial charge in [-0.15, -0.1) is 0 Å². The molecule has 1 rings (SSSR count). The Morgan fingerprint density at radius 1 is 1.06 bits per heavy atom. The van der Waals surface area contributed by atoms with Gasteiger partial charge in [-0.1, -0.05) is 6.07 Å². The van der Waals surface area contributed by atoms with E-state index < -0.39 is 11.7 Å². The van der Waals surface area contributed by atoms with Crippen LogP contribution in [-0.4, -0.2) is 5.54 Å². The molecular formula is C12H16F3N. The number of rotatable bonds is 1. The predicted octanol–water partition coefficient (Wildman–Crippen LogP) is 4.22. The SMILES string of the molecule is Cc1ccc(NC(C)(C)C)cc1C(F)(F)F. The van der Waals surface area contributed by atoms with Crippen LogP contribution < -0.4 is 5.32 Å². The zero-order chi connectivity index (χ0) is 12.6. The molecule has 16 heavy (non-hydrogen) atoms. The van der Waals surface area contributed by atoms with Crippen molar-refractivity contribution in [2.45, 2.75) is 39.4 Å². The third-order valence-electron chi connectivity index (χ3n) is 2.06. The zero-order valence-corrected chi connectivity index (χ0v) is 9.87. The Labute approximate surface area is 93.7 Å². The number of hydrogen-bond acceptors (Lipinski definition) is 1. The summed E-state index contributed by atoms with van der Waals surface area (Å²) >= 11 is 0. The quantitative estimate of drug-likeness (QED) is 0.762. The first kappa shape index (κ1) is 12.9. The molecule has 0 heterocycles. The minimum atomic E-state index is -4.29. The van der Waals surface area contributed by atoms with Crippen molar-refractivity contribution in [3.63, 3.8) is 0 Å². The van der Waals surface area contributed by atoms with E-state index in [1.165, 1.54) is 13.0 Å². The molecule has 0 amide bonds. The summed E-state index contributed by atoms with van der Waals surface area (Å²) in [6.45, 7) is 7.17. The second kappa shape index (κ2) is 4.00. The van der Waals surface area contributed by atoms with Crippen LogP contribution in [0, 0.1) is 6.92 Å². The van der Waals surface area contributed by atoms with Crippen LogP contribution in [0.15, 0.2) is 18.2 Å². The first-order valence-corrected chi connectivity index (χ1v) is 5.05. The molecule has 0 unspecified atom stereocenters. The first-order chi connectivity index (χ1) is 7.09. The van der Waals surface area contributed by atoms with Crippen LogP contribution in [0.2, 0.25) is 0 Å². The summed E-state index contributed by atoms with van der Waals surface area (Å²) in [5.41, 5.74) is -0.0999. The smallest absolute Gasteiger partial charge is 0.380 e. The van der Waals surface area contributed by atoms with Crippen LogP contribution in [0.3, 0.4) is 0 Å². The Bertz CT molecular complexity index is 375. The molecule has 0 bridgehead atoms. The van der Waals surface area contributed by atoms with Gasteiger partial charge in [-0.05, 0) is 45.4 Å². The fourth-order valence-corrected chi connectivity index (χ4v) is 1.44. The summed E-state index contributed by atoms with van der Waals surface area (Å²) in [7, 11) is 0. The predicted molar refractivity (Wildman–Crippen MR) is 59.6 cm³/mol. The Balaban J connectivity index is 3.09. The van der Waals surface area contributed by atoms with Crippen LogP contribution in [0.5, 0.6) is 0 Å². The van der Waals surface area contributed by atoms with Crippen molar-refractivity contribution < 1.29 is 13.2 Å². The standard InChI is InChI=1S/C12H16F3N/c1-8-5-6-9(16-11(2,3)4)7-10(8)12(13,14)15/h5-7,16H,1-4H3. The van der Waals surface area contributed by atoms with E-state index in [0.717, 1.165) is 6.07 Å². The minimum absolute atomic E-state index is 0.243. The van der Waals surface area contributed by atoms with E-state index in [9.17, 15) is 13.2 Å². The highest BCUT2D eigenvalue weighted by Gasteiger charge is 2.32. The molecule has 0 atom stereocenters. The normalized spacial score (nSPS) is 12.7. The van der Waals surface area contributed by atoms with Crippen LogP contribution >= 0.6 is 0 Å². The van der Waals surface area contributed by atoms with Gasteiger partial charge in [0.25, 0.3) is 0 Å². The van der Waals surface area contributed by atoms with Crippen molar-refractivity contribution >= 4 is 5.69 Å². The fourth-order valence-electron chi connectivity index (χ4n) is 1.44. The van der Waals surface area contributed by atoms with E-state index in [4.69, 9.17) is 0 Å². The molecule has 0 spiro atoms. The Morgan fingerprint density at radius 2 is 1.62 bits per heavy atom. The summed E-state index contributed by atoms with van der Waals surface area (Å²) in [4.78, 5) is 0. The summed E-state index contributed by atoms with van der Waals surface area (Å²) in [6.07, 6.45) is -4.29. The lowest BCUT2D eigenvalue weighted by Crippen LogP contribution is -2.26. The van der Waals surface area contributed by atoms with Crippen molar-refractivity contribution in [2.24, 2.45) is 0 Å². The van der Waals surface area contributed by atoms with Crippen molar-refractivity contribution in [2.75, 3.05) is 5.32 Å². The zero-order valence-electron chi connectivity index (χ0n) is 9.87. The number of anilines is 1. The van der Waals surface area contributed by atoms with Crippen molar-refractivity contribution in [1.82, 2.24) is 0 Å². The summed E-state index contributed by atoms with van der Waals surface area (Å²) < 4.78 is 37.9. The largest absolute Gasteiger partial charge is 0.416 e. The van der Waals surface area contributed by atoms with E-state index in [1.54, 1.807) is 6.07 Å². The van der Waals surface area contributed by atoms with Gasteiger partial charge in [0.05, 0.1) is 5.56 Å². The number of hydrogen-bond donors (Lipinski definition) is 1. The highest BCUT2D eigenvalue weighted by Crippen LogP contribution is 2.33. The van der Waals surface area contributed by atoms with Gasteiger partial charge in [0.2, 0.25) is 0 Å². The van der Waals surface area contributed by atoms with Crippen LogP contribution in [0.25, 0.3) is 0 Å². The molecule has 0 saturated heterocycles. The monoisotopic (exact) mass is 231 g/mol. The summed E-state index contributed by atoms with van der Waals surface area (Å²) in [6, 6.07) is 4.30. The van der Waals surface area contributed by atoms with E-state index in [-0.39, 0.29) is 11.1 Å². The second-order valence-corrected chi connectivity index (χ2v) is 4.90. The van der Waals surface area contributed by atoms with Gasteiger partial charge in [0.1, 0.15) is 0 Å². The number of benzene rings is 1. The lowest BCUT2D eigenvalue weighted by Gasteiger charge is -2.23. The Morgan fingerprint density at radius 3 is 2.06 bits per heavy atom. The number of aryl methyl sites for hydroxylation is 1.